The van der Waals surface area contributed by atoms with Crippen LogP contribution in [0.1, 0.15) is 26.7 Å². The maximum absolute atomic E-state index is 11.5. The number of hydrogen-bond acceptors (Lipinski definition) is 2. The van der Waals surface area contributed by atoms with Crippen LogP contribution in [0.3, 0.4) is 0 Å². The van der Waals surface area contributed by atoms with Crippen molar-refractivity contribution in [2.75, 3.05) is 5.75 Å². The van der Waals surface area contributed by atoms with Crippen LogP contribution < -0.4 is 5.32 Å². The largest absolute Gasteiger partial charge is 0.354 e. The van der Waals surface area contributed by atoms with Gasteiger partial charge in [0.05, 0.1) is 0 Å². The smallest absolute Gasteiger partial charge is 0.221 e. The molecule has 3 heteroatoms. The van der Waals surface area contributed by atoms with Gasteiger partial charge in [0.1, 0.15) is 0 Å². The van der Waals surface area contributed by atoms with E-state index in [2.05, 4.69) is 24.4 Å². The average molecular weight is 237 g/mol. The van der Waals surface area contributed by atoms with Crippen LogP contribution in [0.4, 0.5) is 0 Å². The fourth-order valence-electron chi connectivity index (χ4n) is 1.23. The molecule has 0 saturated carbocycles. The molecule has 0 aromatic heterocycles. The Balaban J connectivity index is 2.18. The van der Waals surface area contributed by atoms with Gasteiger partial charge in [-0.25, -0.2) is 0 Å². The van der Waals surface area contributed by atoms with Crippen LogP contribution >= 0.6 is 11.8 Å². The molecule has 1 aromatic carbocycles. The van der Waals surface area contributed by atoms with Crippen LogP contribution in [-0.4, -0.2) is 17.7 Å². The molecule has 0 spiro atoms. The van der Waals surface area contributed by atoms with E-state index in [4.69, 9.17) is 0 Å². The first kappa shape index (κ1) is 13.1. The summed E-state index contributed by atoms with van der Waals surface area (Å²) in [6.07, 6.45) is 1.57. The molecule has 1 amide bonds. The van der Waals surface area contributed by atoms with Crippen LogP contribution in [0.5, 0.6) is 0 Å². The summed E-state index contributed by atoms with van der Waals surface area (Å²) in [5.74, 6) is 0.990. The molecule has 16 heavy (non-hydrogen) atoms. The van der Waals surface area contributed by atoms with Gasteiger partial charge in [-0.15, -0.1) is 11.8 Å². The van der Waals surface area contributed by atoms with Crippen LogP contribution in [0, 0.1) is 0 Å². The highest BCUT2D eigenvalue weighted by atomic mass is 32.2. The molecular weight excluding hydrogens is 218 g/mol. The molecule has 0 fully saturated rings. The molecule has 1 rings (SSSR count). The van der Waals surface area contributed by atoms with Gasteiger partial charge in [-0.2, -0.15) is 0 Å². The van der Waals surface area contributed by atoms with E-state index in [1.165, 1.54) is 4.90 Å². The minimum Gasteiger partial charge on any atom is -0.354 e. The normalized spacial score (nSPS) is 12.1. The molecule has 0 unspecified atom stereocenters. The predicted molar refractivity (Wildman–Crippen MR) is 69.7 cm³/mol. The van der Waals surface area contributed by atoms with E-state index in [0.717, 1.165) is 12.2 Å². The summed E-state index contributed by atoms with van der Waals surface area (Å²) >= 11 is 1.72. The second kappa shape index (κ2) is 7.34. The maximum Gasteiger partial charge on any atom is 0.221 e. The van der Waals surface area contributed by atoms with Gasteiger partial charge >= 0.3 is 0 Å². The first-order valence-electron chi connectivity index (χ1n) is 5.69. The van der Waals surface area contributed by atoms with Gasteiger partial charge in [-0.3, -0.25) is 4.79 Å². The predicted octanol–water partition coefficient (Wildman–Crippen LogP) is 3.08. The number of thioether (sulfide) groups is 1. The molecule has 1 N–H and O–H groups in total. The number of carbonyl (C=O) groups is 1. The molecule has 0 saturated heterocycles. The minimum atomic E-state index is 0.151. The highest BCUT2D eigenvalue weighted by molar-refractivity contribution is 7.99. The first-order valence-corrected chi connectivity index (χ1v) is 6.68. The van der Waals surface area contributed by atoms with Crippen molar-refractivity contribution >= 4 is 17.7 Å². The van der Waals surface area contributed by atoms with Crippen LogP contribution in [0.25, 0.3) is 0 Å². The van der Waals surface area contributed by atoms with Crippen molar-refractivity contribution in [3.63, 3.8) is 0 Å². The standard InChI is InChI=1S/C13H19NOS/c1-3-11(2)14-13(15)9-10-16-12-7-5-4-6-8-12/h4-8,11H,3,9-10H2,1-2H3,(H,14,15)/t11-/m1/s1. The molecule has 0 radical (unpaired) electrons. The molecule has 2 nitrogen and oxygen atoms in total. The van der Waals surface area contributed by atoms with Crippen molar-refractivity contribution in [3.05, 3.63) is 30.3 Å². The lowest BCUT2D eigenvalue weighted by molar-refractivity contribution is -0.121. The molecule has 1 aromatic rings. The third-order valence-electron chi connectivity index (χ3n) is 2.36. The number of carbonyl (C=O) groups excluding carboxylic acids is 1. The second-order valence-electron chi connectivity index (χ2n) is 3.79. The van der Waals surface area contributed by atoms with Gasteiger partial charge in [0.25, 0.3) is 0 Å². The highest BCUT2D eigenvalue weighted by Crippen LogP contribution is 2.17. The third kappa shape index (κ3) is 5.21. The third-order valence-corrected chi connectivity index (χ3v) is 3.37. The molecule has 88 valence electrons. The average Bonchev–Trinajstić information content (AvgIpc) is 2.30. The zero-order valence-electron chi connectivity index (χ0n) is 9.90. The number of nitrogens with one attached hydrogen (secondary N) is 1. The van der Waals surface area contributed by atoms with Crippen molar-refractivity contribution in [1.29, 1.82) is 0 Å². The molecule has 0 bridgehead atoms. The van der Waals surface area contributed by atoms with Crippen molar-refractivity contribution in [2.24, 2.45) is 0 Å². The maximum atomic E-state index is 11.5. The van der Waals surface area contributed by atoms with Gasteiger partial charge < -0.3 is 5.32 Å². The summed E-state index contributed by atoms with van der Waals surface area (Å²) in [7, 11) is 0. The van der Waals surface area contributed by atoms with Crippen LogP contribution in [0.2, 0.25) is 0 Å². The molecule has 0 aliphatic heterocycles. The lowest BCUT2D eigenvalue weighted by atomic mass is 10.2. The Kier molecular flexibility index (Phi) is 6.01. The summed E-state index contributed by atoms with van der Waals surface area (Å²) in [5, 5.41) is 2.96. The molecule has 1 atom stereocenters. The number of benzene rings is 1. The van der Waals surface area contributed by atoms with E-state index in [-0.39, 0.29) is 11.9 Å². The van der Waals surface area contributed by atoms with Crippen LogP contribution in [-0.2, 0) is 4.79 Å². The fourth-order valence-corrected chi connectivity index (χ4v) is 2.10. The summed E-state index contributed by atoms with van der Waals surface area (Å²) < 4.78 is 0. The Labute approximate surface area is 102 Å². The highest BCUT2D eigenvalue weighted by Gasteiger charge is 2.04. The number of hydrogen-bond donors (Lipinski definition) is 1. The Morgan fingerprint density at radius 2 is 2.06 bits per heavy atom. The van der Waals surface area contributed by atoms with E-state index in [0.29, 0.717) is 6.42 Å². The van der Waals surface area contributed by atoms with Crippen molar-refractivity contribution in [1.82, 2.24) is 5.32 Å². The van der Waals surface area contributed by atoms with E-state index in [1.807, 2.05) is 25.1 Å². The Bertz CT molecular complexity index is 313. The van der Waals surface area contributed by atoms with E-state index < -0.39 is 0 Å². The van der Waals surface area contributed by atoms with E-state index >= 15 is 0 Å². The van der Waals surface area contributed by atoms with Crippen molar-refractivity contribution in [2.45, 2.75) is 37.6 Å². The molecule has 0 aliphatic carbocycles. The Morgan fingerprint density at radius 1 is 1.38 bits per heavy atom. The summed E-state index contributed by atoms with van der Waals surface area (Å²) in [6.45, 7) is 4.10. The van der Waals surface area contributed by atoms with E-state index in [9.17, 15) is 4.79 Å². The fraction of sp³-hybridized carbons (Fsp3) is 0.462. The lowest BCUT2D eigenvalue weighted by Gasteiger charge is -2.10. The zero-order valence-corrected chi connectivity index (χ0v) is 10.7. The number of amides is 1. The SMILES string of the molecule is CC[C@@H](C)NC(=O)CCSc1ccccc1. The molecule has 0 heterocycles. The van der Waals surface area contributed by atoms with Gasteiger partial charge in [-0.1, -0.05) is 25.1 Å². The van der Waals surface area contributed by atoms with Crippen molar-refractivity contribution in [3.8, 4) is 0 Å². The van der Waals surface area contributed by atoms with Crippen molar-refractivity contribution < 1.29 is 4.79 Å². The Hall–Kier alpha value is -0.960. The topological polar surface area (TPSA) is 29.1 Å². The van der Waals surface area contributed by atoms with E-state index in [1.54, 1.807) is 11.8 Å². The lowest BCUT2D eigenvalue weighted by Crippen LogP contribution is -2.32. The first-order chi connectivity index (χ1) is 7.72. The Morgan fingerprint density at radius 3 is 2.69 bits per heavy atom. The van der Waals surface area contributed by atoms with Crippen LogP contribution in [0.15, 0.2) is 35.2 Å². The van der Waals surface area contributed by atoms with Gasteiger partial charge in [-0.05, 0) is 25.5 Å². The summed E-state index contributed by atoms with van der Waals surface area (Å²) in [5.41, 5.74) is 0. The van der Waals surface area contributed by atoms with Gasteiger partial charge in [0.2, 0.25) is 5.91 Å². The molecular formula is C13H19NOS. The second-order valence-corrected chi connectivity index (χ2v) is 4.96. The van der Waals surface area contributed by atoms with Gasteiger partial charge in [0, 0.05) is 23.1 Å². The minimum absolute atomic E-state index is 0.151. The summed E-state index contributed by atoms with van der Waals surface area (Å²) in [6, 6.07) is 10.5. The summed E-state index contributed by atoms with van der Waals surface area (Å²) in [4.78, 5) is 12.7. The van der Waals surface area contributed by atoms with Gasteiger partial charge in [0.15, 0.2) is 0 Å². The quantitative estimate of drug-likeness (QED) is 0.770. The monoisotopic (exact) mass is 237 g/mol. The zero-order chi connectivity index (χ0) is 11.8. The number of rotatable bonds is 6. The molecule has 0 aliphatic rings.